The maximum Gasteiger partial charge on any atom is 0.0603 e. The van der Waals surface area contributed by atoms with E-state index in [1.54, 1.807) is 0 Å². The standard InChI is InChI=1S/C8H9N3/c1-2-8-7(4-9-11-10-8)6-3-5(1)6/h1-2,4-6,10-11H,3H2. The number of rotatable bonds is 0. The van der Waals surface area contributed by atoms with E-state index in [4.69, 9.17) is 0 Å². The molecular weight excluding hydrogens is 138 g/mol. The van der Waals surface area contributed by atoms with Crippen molar-refractivity contribution in [3.05, 3.63) is 23.4 Å². The molecule has 2 aliphatic carbocycles. The smallest absolute Gasteiger partial charge is 0.0603 e. The molecule has 0 saturated heterocycles. The van der Waals surface area contributed by atoms with Crippen LogP contribution in [0, 0.1) is 11.8 Å². The summed E-state index contributed by atoms with van der Waals surface area (Å²) in [5.74, 6) is 1.56. The summed E-state index contributed by atoms with van der Waals surface area (Å²) in [7, 11) is 0. The van der Waals surface area contributed by atoms with Gasteiger partial charge in [0, 0.05) is 5.57 Å². The Bertz CT molecular complexity index is 288. The fraction of sp³-hybridized carbons (Fsp3) is 0.375. The third kappa shape index (κ3) is 0.651. The average Bonchev–Trinajstić information content (AvgIpc) is 2.83. The second-order valence-corrected chi connectivity index (χ2v) is 3.23. The summed E-state index contributed by atoms with van der Waals surface area (Å²) in [6, 6.07) is 0. The maximum absolute atomic E-state index is 3.96. The SMILES string of the molecule is C1=CC2CC2C2=C1NNN=C2. The van der Waals surface area contributed by atoms with Crippen LogP contribution in [0.5, 0.6) is 0 Å². The first kappa shape index (κ1) is 5.41. The number of hydrazine groups is 1. The van der Waals surface area contributed by atoms with E-state index in [2.05, 4.69) is 28.2 Å². The zero-order valence-corrected chi connectivity index (χ0v) is 6.04. The van der Waals surface area contributed by atoms with Crippen LogP contribution in [-0.4, -0.2) is 6.21 Å². The molecule has 3 heteroatoms. The summed E-state index contributed by atoms with van der Waals surface area (Å²) < 4.78 is 0. The number of hydrogen-bond donors (Lipinski definition) is 2. The number of nitrogens with zero attached hydrogens (tertiary/aromatic N) is 1. The lowest BCUT2D eigenvalue weighted by molar-refractivity contribution is 0.623. The van der Waals surface area contributed by atoms with Gasteiger partial charge in [0.15, 0.2) is 0 Å². The van der Waals surface area contributed by atoms with Gasteiger partial charge in [-0.25, -0.2) is 5.53 Å². The largest absolute Gasteiger partial charge is 0.285 e. The minimum atomic E-state index is 0.758. The second kappa shape index (κ2) is 1.67. The Morgan fingerprint density at radius 2 is 2.55 bits per heavy atom. The highest BCUT2D eigenvalue weighted by Crippen LogP contribution is 2.48. The maximum atomic E-state index is 3.96. The van der Waals surface area contributed by atoms with Crippen molar-refractivity contribution in [3.63, 3.8) is 0 Å². The second-order valence-electron chi connectivity index (χ2n) is 3.23. The van der Waals surface area contributed by atoms with Gasteiger partial charge in [0.25, 0.3) is 0 Å². The van der Waals surface area contributed by atoms with Crippen LogP contribution in [0.25, 0.3) is 0 Å². The van der Waals surface area contributed by atoms with Crippen LogP contribution in [0.2, 0.25) is 0 Å². The molecule has 0 spiro atoms. The van der Waals surface area contributed by atoms with Crippen LogP contribution in [0.3, 0.4) is 0 Å². The van der Waals surface area contributed by atoms with Gasteiger partial charge in [0.2, 0.25) is 0 Å². The highest BCUT2D eigenvalue weighted by atomic mass is 15.6. The fourth-order valence-electron chi connectivity index (χ4n) is 1.77. The van der Waals surface area contributed by atoms with Gasteiger partial charge in [-0.3, -0.25) is 5.43 Å². The fourth-order valence-corrected chi connectivity index (χ4v) is 1.77. The topological polar surface area (TPSA) is 36.4 Å². The van der Waals surface area contributed by atoms with Gasteiger partial charge in [0.1, 0.15) is 0 Å². The lowest BCUT2D eigenvalue weighted by Gasteiger charge is -2.17. The molecule has 1 fully saturated rings. The summed E-state index contributed by atoms with van der Waals surface area (Å²) in [4.78, 5) is 0. The third-order valence-corrected chi connectivity index (χ3v) is 2.52. The summed E-state index contributed by atoms with van der Waals surface area (Å²) in [5, 5.41) is 3.96. The Balaban J connectivity index is 2.08. The number of allylic oxidation sites excluding steroid dienone is 3. The molecule has 3 rings (SSSR count). The number of hydrazone groups is 1. The predicted molar refractivity (Wildman–Crippen MR) is 42.5 cm³/mol. The Kier molecular flexibility index (Phi) is 0.820. The Labute approximate surface area is 64.8 Å². The predicted octanol–water partition coefficient (Wildman–Crippen LogP) is 0.540. The van der Waals surface area contributed by atoms with E-state index in [1.807, 2.05) is 6.21 Å². The first-order valence-corrected chi connectivity index (χ1v) is 3.91. The van der Waals surface area contributed by atoms with Crippen LogP contribution in [-0.2, 0) is 0 Å². The molecule has 3 nitrogen and oxygen atoms in total. The average molecular weight is 147 g/mol. The van der Waals surface area contributed by atoms with Crippen molar-refractivity contribution in [2.75, 3.05) is 0 Å². The van der Waals surface area contributed by atoms with Gasteiger partial charge < -0.3 is 0 Å². The monoisotopic (exact) mass is 147 g/mol. The Morgan fingerprint density at radius 1 is 1.55 bits per heavy atom. The van der Waals surface area contributed by atoms with Crippen molar-refractivity contribution >= 4 is 6.21 Å². The lowest BCUT2D eigenvalue weighted by Crippen LogP contribution is -2.31. The highest BCUT2D eigenvalue weighted by Gasteiger charge is 2.41. The minimum absolute atomic E-state index is 0.758. The van der Waals surface area contributed by atoms with Gasteiger partial charge in [-0.05, 0) is 24.3 Å². The van der Waals surface area contributed by atoms with Gasteiger partial charge >= 0.3 is 0 Å². The van der Waals surface area contributed by atoms with Crippen molar-refractivity contribution in [3.8, 4) is 0 Å². The number of nitrogens with one attached hydrogen (secondary N) is 2. The minimum Gasteiger partial charge on any atom is -0.285 e. The van der Waals surface area contributed by atoms with Crippen molar-refractivity contribution < 1.29 is 0 Å². The van der Waals surface area contributed by atoms with E-state index in [0.717, 1.165) is 11.8 Å². The summed E-state index contributed by atoms with van der Waals surface area (Å²) in [6.45, 7) is 0. The molecule has 2 atom stereocenters. The van der Waals surface area contributed by atoms with Gasteiger partial charge in [-0.15, -0.1) is 0 Å². The summed E-state index contributed by atoms with van der Waals surface area (Å²) in [5.41, 5.74) is 8.32. The van der Waals surface area contributed by atoms with E-state index >= 15 is 0 Å². The molecule has 11 heavy (non-hydrogen) atoms. The van der Waals surface area contributed by atoms with Crippen molar-refractivity contribution in [1.82, 2.24) is 11.0 Å². The summed E-state index contributed by atoms with van der Waals surface area (Å²) in [6.07, 6.45) is 7.65. The normalized spacial score (nSPS) is 37.1. The molecule has 2 N–H and O–H groups in total. The molecule has 1 aliphatic heterocycles. The zero-order valence-electron chi connectivity index (χ0n) is 6.04. The van der Waals surface area contributed by atoms with Crippen LogP contribution in [0.15, 0.2) is 28.5 Å². The molecule has 0 radical (unpaired) electrons. The zero-order chi connectivity index (χ0) is 7.26. The van der Waals surface area contributed by atoms with E-state index < -0.39 is 0 Å². The number of fused-ring (bicyclic) bond motifs is 2. The molecule has 1 saturated carbocycles. The van der Waals surface area contributed by atoms with E-state index in [-0.39, 0.29) is 0 Å². The Morgan fingerprint density at radius 3 is 3.55 bits per heavy atom. The van der Waals surface area contributed by atoms with Crippen molar-refractivity contribution in [2.24, 2.45) is 16.9 Å². The van der Waals surface area contributed by atoms with E-state index in [1.165, 1.54) is 17.7 Å². The first-order chi connectivity index (χ1) is 5.45. The molecule has 0 aromatic heterocycles. The molecule has 2 unspecified atom stereocenters. The molecule has 1 heterocycles. The molecule has 0 amide bonds. The quantitative estimate of drug-likeness (QED) is 0.524. The number of hydrogen-bond acceptors (Lipinski definition) is 3. The van der Waals surface area contributed by atoms with Crippen molar-refractivity contribution in [1.29, 1.82) is 0 Å². The van der Waals surface area contributed by atoms with Crippen LogP contribution in [0.4, 0.5) is 0 Å². The van der Waals surface area contributed by atoms with Crippen LogP contribution < -0.4 is 11.0 Å². The summed E-state index contributed by atoms with van der Waals surface area (Å²) >= 11 is 0. The third-order valence-electron chi connectivity index (χ3n) is 2.52. The molecule has 0 aromatic rings. The van der Waals surface area contributed by atoms with Crippen LogP contribution >= 0.6 is 0 Å². The van der Waals surface area contributed by atoms with Crippen molar-refractivity contribution in [2.45, 2.75) is 6.42 Å². The molecular formula is C8H9N3. The van der Waals surface area contributed by atoms with E-state index in [0.29, 0.717) is 0 Å². The Hall–Kier alpha value is -1.25. The van der Waals surface area contributed by atoms with Crippen LogP contribution in [0.1, 0.15) is 6.42 Å². The van der Waals surface area contributed by atoms with E-state index in [9.17, 15) is 0 Å². The highest BCUT2D eigenvalue weighted by molar-refractivity contribution is 5.83. The molecule has 0 aromatic carbocycles. The van der Waals surface area contributed by atoms with Gasteiger partial charge in [-0.2, -0.15) is 5.10 Å². The lowest BCUT2D eigenvalue weighted by atomic mass is 10.0. The van der Waals surface area contributed by atoms with Gasteiger partial charge in [-0.1, -0.05) is 6.08 Å². The molecule has 0 bridgehead atoms. The molecule has 3 aliphatic rings. The molecule has 56 valence electrons. The van der Waals surface area contributed by atoms with Gasteiger partial charge in [0.05, 0.1) is 11.9 Å². The first-order valence-electron chi connectivity index (χ1n) is 3.91.